The van der Waals surface area contributed by atoms with Crippen LogP contribution in [0.4, 0.5) is 5.69 Å². The summed E-state index contributed by atoms with van der Waals surface area (Å²) in [5, 5.41) is 11.0. The SMILES string of the molecule is C=CCC(C)C(CCOCCOC)S(=O)(=O)NC(=O)c1ccc2c(c1)N(C[C@@H]1CC[C@H]1C(O)/C=C/CCC)C[C@@]1(CCCc3cc(Cl)ccc31)CO2. The number of ether oxygens (including phenoxy) is 3. The van der Waals surface area contributed by atoms with Crippen LogP contribution in [0.15, 0.2) is 61.2 Å². The summed E-state index contributed by atoms with van der Waals surface area (Å²) in [6.45, 7) is 10.6. The molecule has 0 aromatic heterocycles. The fourth-order valence-electron chi connectivity index (χ4n) is 8.22. The first kappa shape index (κ1) is 40.3. The topological polar surface area (TPSA) is 114 Å². The highest BCUT2D eigenvalue weighted by Crippen LogP contribution is 2.46. The molecule has 1 amide bonds. The third-order valence-electron chi connectivity index (χ3n) is 11.2. The number of aliphatic hydroxyl groups excluding tert-OH is 1. The molecule has 2 aromatic rings. The van der Waals surface area contributed by atoms with Gasteiger partial charge in [0, 0.05) is 42.8 Å². The Bertz CT molecular complexity index is 1670. The summed E-state index contributed by atoms with van der Waals surface area (Å²) in [4.78, 5) is 16.1. The molecule has 0 saturated heterocycles. The Kier molecular flexibility index (Phi) is 14.3. The van der Waals surface area contributed by atoms with Gasteiger partial charge in [-0.3, -0.25) is 4.79 Å². The Balaban J connectivity index is 1.43. The van der Waals surface area contributed by atoms with Crippen LogP contribution in [-0.4, -0.2) is 77.4 Å². The number of carbonyl (C=O) groups excluding carboxylic acids is 1. The molecule has 52 heavy (non-hydrogen) atoms. The van der Waals surface area contributed by atoms with Crippen molar-refractivity contribution < 1.29 is 32.5 Å². The molecular formula is C41H57ClN2O7S. The van der Waals surface area contributed by atoms with E-state index in [0.29, 0.717) is 45.1 Å². The van der Waals surface area contributed by atoms with E-state index in [-0.39, 0.29) is 41.8 Å². The van der Waals surface area contributed by atoms with Gasteiger partial charge >= 0.3 is 0 Å². The molecule has 11 heteroatoms. The van der Waals surface area contributed by atoms with Crippen LogP contribution in [0.1, 0.15) is 86.7 Å². The van der Waals surface area contributed by atoms with Crippen molar-refractivity contribution in [2.75, 3.05) is 51.5 Å². The molecule has 3 aliphatic rings. The second-order valence-electron chi connectivity index (χ2n) is 14.9. The smallest absolute Gasteiger partial charge is 0.264 e. The number of aryl methyl sites for hydroxylation is 1. The van der Waals surface area contributed by atoms with E-state index in [2.05, 4.69) is 41.3 Å². The third-order valence-corrected chi connectivity index (χ3v) is 13.4. The second-order valence-corrected chi connectivity index (χ2v) is 17.2. The van der Waals surface area contributed by atoms with Crippen LogP contribution in [0, 0.1) is 17.8 Å². The van der Waals surface area contributed by atoms with Gasteiger partial charge in [0.1, 0.15) is 5.75 Å². The van der Waals surface area contributed by atoms with Crippen molar-refractivity contribution in [2.24, 2.45) is 17.8 Å². The summed E-state index contributed by atoms with van der Waals surface area (Å²) in [7, 11) is -2.49. The number of anilines is 1. The highest BCUT2D eigenvalue weighted by atomic mass is 35.5. The van der Waals surface area contributed by atoms with Crippen LogP contribution < -0.4 is 14.4 Å². The van der Waals surface area contributed by atoms with Gasteiger partial charge in [0.15, 0.2) is 0 Å². The third kappa shape index (κ3) is 9.61. The molecule has 3 unspecified atom stereocenters. The van der Waals surface area contributed by atoms with Crippen LogP contribution in [0.3, 0.4) is 0 Å². The van der Waals surface area contributed by atoms with Gasteiger partial charge in [0.05, 0.1) is 36.9 Å². The highest BCUT2D eigenvalue weighted by Gasteiger charge is 2.44. The molecule has 1 spiro atoms. The zero-order valence-corrected chi connectivity index (χ0v) is 32.6. The standard InChI is InChI=1S/C41H57ClN2O7S/c1-5-7-8-12-37(45)34-16-13-32(34)26-44-27-41(20-9-11-30-24-33(42)15-17-35(30)41)28-51-38-18-14-31(25-36(38)44)40(46)43-52(47,48)39(29(3)10-6-2)19-21-50-23-22-49-4/h6,8,12,14-15,17-18,24-25,29,32,34,37,39,45H,2,5,7,9-11,13,16,19-23,26-28H2,1,3-4H3,(H,43,46)/b12-8+/t29?,32-,34+,37?,39?,41-/m0/s1. The molecule has 1 heterocycles. The number of amides is 1. The van der Waals surface area contributed by atoms with E-state index in [9.17, 15) is 18.3 Å². The molecule has 0 radical (unpaired) electrons. The summed E-state index contributed by atoms with van der Waals surface area (Å²) >= 11 is 6.45. The van der Waals surface area contributed by atoms with E-state index in [1.165, 1.54) is 11.1 Å². The molecule has 0 bridgehead atoms. The largest absolute Gasteiger partial charge is 0.490 e. The molecule has 1 saturated carbocycles. The maximum atomic E-state index is 13.8. The zero-order valence-electron chi connectivity index (χ0n) is 31.0. The zero-order chi connectivity index (χ0) is 37.3. The van der Waals surface area contributed by atoms with Crippen molar-refractivity contribution in [1.29, 1.82) is 0 Å². The van der Waals surface area contributed by atoms with Gasteiger partial charge in [-0.05, 0) is 111 Å². The highest BCUT2D eigenvalue weighted by molar-refractivity contribution is 7.90. The number of benzene rings is 2. The number of allylic oxidation sites excluding steroid dienone is 2. The lowest BCUT2D eigenvalue weighted by Gasteiger charge is -2.45. The minimum absolute atomic E-state index is 0.138. The summed E-state index contributed by atoms with van der Waals surface area (Å²) < 4.78 is 47.2. The molecular weight excluding hydrogens is 700 g/mol. The van der Waals surface area contributed by atoms with Crippen LogP contribution in [0.2, 0.25) is 5.02 Å². The Morgan fingerprint density at radius 2 is 2.04 bits per heavy atom. The number of halogens is 1. The van der Waals surface area contributed by atoms with Crippen molar-refractivity contribution in [3.8, 4) is 5.75 Å². The van der Waals surface area contributed by atoms with E-state index >= 15 is 0 Å². The van der Waals surface area contributed by atoms with Gasteiger partial charge in [-0.2, -0.15) is 0 Å². The van der Waals surface area contributed by atoms with E-state index in [4.69, 9.17) is 25.8 Å². The number of methoxy groups -OCH3 is 1. The van der Waals surface area contributed by atoms with Crippen LogP contribution in [0.25, 0.3) is 0 Å². The first-order valence-corrected chi connectivity index (χ1v) is 20.8. The summed E-state index contributed by atoms with van der Waals surface area (Å²) in [6.07, 6.45) is 12.7. The molecule has 9 nitrogen and oxygen atoms in total. The lowest BCUT2D eigenvalue weighted by Crippen LogP contribution is -2.49. The van der Waals surface area contributed by atoms with Gasteiger partial charge in [-0.15, -0.1) is 6.58 Å². The number of nitrogens with one attached hydrogen (secondary N) is 1. The molecule has 2 aromatic carbocycles. The predicted molar refractivity (Wildman–Crippen MR) is 208 cm³/mol. The second kappa shape index (κ2) is 18.4. The first-order chi connectivity index (χ1) is 25.0. The van der Waals surface area contributed by atoms with Crippen LogP contribution in [-0.2, 0) is 31.3 Å². The minimum Gasteiger partial charge on any atom is -0.490 e. The number of rotatable bonds is 18. The van der Waals surface area contributed by atoms with Gasteiger partial charge in [-0.1, -0.05) is 56.2 Å². The molecule has 2 aliphatic carbocycles. The Labute approximate surface area is 315 Å². The normalized spacial score (nSPS) is 23.1. The summed E-state index contributed by atoms with van der Waals surface area (Å²) in [5.41, 5.74) is 3.17. The molecule has 286 valence electrons. The molecule has 5 rings (SSSR count). The van der Waals surface area contributed by atoms with Crippen LogP contribution >= 0.6 is 11.6 Å². The van der Waals surface area contributed by atoms with Crippen molar-refractivity contribution in [3.05, 3.63) is 82.9 Å². The van der Waals surface area contributed by atoms with E-state index in [1.54, 1.807) is 31.4 Å². The van der Waals surface area contributed by atoms with Crippen molar-refractivity contribution in [2.45, 2.75) is 88.4 Å². The number of sulfonamides is 1. The Morgan fingerprint density at radius 1 is 1.21 bits per heavy atom. The fourth-order valence-corrected chi connectivity index (χ4v) is 10.1. The summed E-state index contributed by atoms with van der Waals surface area (Å²) in [5.74, 6) is 0.0694. The maximum absolute atomic E-state index is 13.8. The number of nitrogens with zero attached hydrogens (tertiary/aromatic N) is 1. The lowest BCUT2D eigenvalue weighted by atomic mass is 9.68. The maximum Gasteiger partial charge on any atom is 0.264 e. The van der Waals surface area contributed by atoms with E-state index in [0.717, 1.165) is 55.7 Å². The number of hydrogen-bond donors (Lipinski definition) is 2. The number of carbonyl (C=O) groups is 1. The van der Waals surface area contributed by atoms with E-state index < -0.39 is 27.3 Å². The fraction of sp³-hybridized carbons (Fsp3) is 0.585. The molecule has 1 aliphatic heterocycles. The minimum atomic E-state index is -4.07. The van der Waals surface area contributed by atoms with Crippen molar-refractivity contribution in [3.63, 3.8) is 0 Å². The van der Waals surface area contributed by atoms with Gasteiger partial charge < -0.3 is 24.2 Å². The molecule has 1 fully saturated rings. The van der Waals surface area contributed by atoms with Crippen molar-refractivity contribution >= 4 is 33.2 Å². The molecule has 2 N–H and O–H groups in total. The predicted octanol–water partition coefficient (Wildman–Crippen LogP) is 7.25. The number of unbranched alkanes of at least 4 members (excludes halogenated alkanes) is 1. The Morgan fingerprint density at radius 3 is 2.77 bits per heavy atom. The molecule has 6 atom stereocenters. The van der Waals surface area contributed by atoms with Gasteiger partial charge in [0.2, 0.25) is 10.0 Å². The average Bonchev–Trinajstić information content (AvgIpc) is 3.24. The number of aliphatic hydroxyl groups is 1. The average molecular weight is 757 g/mol. The van der Waals surface area contributed by atoms with Gasteiger partial charge in [-0.25, -0.2) is 13.1 Å². The number of hydrogen-bond acceptors (Lipinski definition) is 8. The number of fused-ring (bicyclic) bond motifs is 3. The monoisotopic (exact) mass is 756 g/mol. The quantitative estimate of drug-likeness (QED) is 0.121. The van der Waals surface area contributed by atoms with E-state index in [1.807, 2.05) is 19.1 Å². The van der Waals surface area contributed by atoms with Crippen LogP contribution in [0.5, 0.6) is 5.75 Å². The summed E-state index contributed by atoms with van der Waals surface area (Å²) in [6, 6.07) is 11.4. The Hall–Kier alpha value is -2.89. The first-order valence-electron chi connectivity index (χ1n) is 18.9. The lowest BCUT2D eigenvalue weighted by molar-refractivity contribution is 0.0456. The van der Waals surface area contributed by atoms with Crippen molar-refractivity contribution in [1.82, 2.24) is 4.72 Å². The van der Waals surface area contributed by atoms with Gasteiger partial charge in [0.25, 0.3) is 5.91 Å².